The lowest BCUT2D eigenvalue weighted by atomic mass is 10.0. The van der Waals surface area contributed by atoms with Gasteiger partial charge in [0.05, 0.1) is 19.6 Å². The topological polar surface area (TPSA) is 85.9 Å². The molecule has 1 aliphatic rings. The van der Waals surface area contributed by atoms with E-state index in [1.165, 1.54) is 7.11 Å². The van der Waals surface area contributed by atoms with Crippen LogP contribution >= 0.6 is 11.6 Å². The van der Waals surface area contributed by atoms with E-state index in [4.69, 9.17) is 25.8 Å². The van der Waals surface area contributed by atoms with Gasteiger partial charge >= 0.3 is 12.0 Å². The summed E-state index contributed by atoms with van der Waals surface area (Å²) in [5.41, 5.74) is 1.51. The molecule has 0 bridgehead atoms. The number of methoxy groups -OCH3 is 1. The van der Waals surface area contributed by atoms with E-state index in [9.17, 15) is 9.59 Å². The SMILES string of the molecule is COC(=O)C[C@H](NC(=O)NCc1ccc2c(c1)OCCO2)c1ccccc1Cl. The second kappa shape index (κ2) is 9.32. The van der Waals surface area contributed by atoms with Gasteiger partial charge in [-0.15, -0.1) is 0 Å². The number of amides is 2. The van der Waals surface area contributed by atoms with Crippen LogP contribution < -0.4 is 20.1 Å². The molecule has 1 aliphatic heterocycles. The predicted molar refractivity (Wildman–Crippen MR) is 104 cm³/mol. The Balaban J connectivity index is 1.63. The summed E-state index contributed by atoms with van der Waals surface area (Å²) < 4.78 is 15.8. The van der Waals surface area contributed by atoms with Crippen LogP contribution in [0.4, 0.5) is 4.79 Å². The van der Waals surface area contributed by atoms with E-state index in [1.54, 1.807) is 24.3 Å². The Labute approximate surface area is 167 Å². The van der Waals surface area contributed by atoms with Crippen molar-refractivity contribution in [2.75, 3.05) is 20.3 Å². The van der Waals surface area contributed by atoms with Gasteiger partial charge < -0.3 is 24.8 Å². The number of nitrogens with one attached hydrogen (secondary N) is 2. The first-order valence-corrected chi connectivity index (χ1v) is 9.18. The summed E-state index contributed by atoms with van der Waals surface area (Å²) in [6.45, 7) is 1.31. The van der Waals surface area contributed by atoms with E-state index in [-0.39, 0.29) is 13.0 Å². The van der Waals surface area contributed by atoms with E-state index in [1.807, 2.05) is 18.2 Å². The molecule has 1 atom stereocenters. The van der Waals surface area contributed by atoms with Crippen molar-refractivity contribution in [2.45, 2.75) is 19.0 Å². The third kappa shape index (κ3) is 5.07. The van der Waals surface area contributed by atoms with Gasteiger partial charge in [-0.2, -0.15) is 0 Å². The Kier molecular flexibility index (Phi) is 6.60. The van der Waals surface area contributed by atoms with Crippen LogP contribution in [0.3, 0.4) is 0 Å². The molecule has 2 aromatic rings. The minimum absolute atomic E-state index is 0.0301. The van der Waals surface area contributed by atoms with Crippen molar-refractivity contribution >= 4 is 23.6 Å². The Bertz CT molecular complexity index is 858. The highest BCUT2D eigenvalue weighted by molar-refractivity contribution is 6.31. The van der Waals surface area contributed by atoms with Crippen molar-refractivity contribution in [3.63, 3.8) is 0 Å². The van der Waals surface area contributed by atoms with E-state index in [0.29, 0.717) is 35.3 Å². The third-order valence-corrected chi connectivity index (χ3v) is 4.59. The van der Waals surface area contributed by atoms with Crippen molar-refractivity contribution < 1.29 is 23.8 Å². The zero-order valence-electron chi connectivity index (χ0n) is 15.4. The molecular formula is C20H21ClN2O5. The lowest BCUT2D eigenvalue weighted by Gasteiger charge is -2.20. The average Bonchev–Trinajstić information content (AvgIpc) is 2.72. The van der Waals surface area contributed by atoms with Crippen LogP contribution in [0.2, 0.25) is 5.02 Å². The molecule has 148 valence electrons. The van der Waals surface area contributed by atoms with Gasteiger partial charge in [0.15, 0.2) is 11.5 Å². The molecule has 8 heteroatoms. The number of benzene rings is 2. The highest BCUT2D eigenvalue weighted by Crippen LogP contribution is 2.30. The highest BCUT2D eigenvalue weighted by Gasteiger charge is 2.21. The van der Waals surface area contributed by atoms with Gasteiger partial charge in [-0.3, -0.25) is 4.79 Å². The van der Waals surface area contributed by atoms with Crippen molar-refractivity contribution in [3.8, 4) is 11.5 Å². The lowest BCUT2D eigenvalue weighted by molar-refractivity contribution is -0.141. The van der Waals surface area contributed by atoms with Gasteiger partial charge in [-0.25, -0.2) is 4.79 Å². The van der Waals surface area contributed by atoms with E-state index >= 15 is 0 Å². The molecule has 3 rings (SSSR count). The molecule has 2 N–H and O–H groups in total. The maximum absolute atomic E-state index is 12.4. The van der Waals surface area contributed by atoms with Gasteiger partial charge in [0.1, 0.15) is 13.2 Å². The summed E-state index contributed by atoms with van der Waals surface area (Å²) in [6.07, 6.45) is -0.0301. The zero-order chi connectivity index (χ0) is 19.9. The van der Waals surface area contributed by atoms with E-state index < -0.39 is 18.0 Å². The largest absolute Gasteiger partial charge is 0.486 e. The van der Waals surface area contributed by atoms with Crippen molar-refractivity contribution in [1.82, 2.24) is 10.6 Å². The minimum atomic E-state index is -0.610. The standard InChI is InChI=1S/C20H21ClN2O5/c1-26-19(24)11-16(14-4-2-3-5-15(14)21)23-20(25)22-12-13-6-7-17-18(10-13)28-9-8-27-17/h2-7,10,16H,8-9,11-12H2,1H3,(H2,22,23,25)/t16-/m0/s1. The molecule has 0 aromatic heterocycles. The molecule has 2 amide bonds. The molecular weight excluding hydrogens is 384 g/mol. The van der Waals surface area contributed by atoms with Crippen molar-refractivity contribution in [1.29, 1.82) is 0 Å². The van der Waals surface area contributed by atoms with Crippen LogP contribution in [0.15, 0.2) is 42.5 Å². The van der Waals surface area contributed by atoms with Crippen LogP contribution in [0.25, 0.3) is 0 Å². The second-order valence-corrected chi connectivity index (χ2v) is 6.57. The fourth-order valence-corrected chi connectivity index (χ4v) is 3.10. The van der Waals surface area contributed by atoms with E-state index in [0.717, 1.165) is 5.56 Å². The van der Waals surface area contributed by atoms with Crippen LogP contribution in [0, 0.1) is 0 Å². The number of carbonyl (C=O) groups is 2. The number of hydrogen-bond donors (Lipinski definition) is 2. The van der Waals surface area contributed by atoms with Gasteiger partial charge in [-0.1, -0.05) is 35.9 Å². The van der Waals surface area contributed by atoms with Crippen LogP contribution in [-0.4, -0.2) is 32.3 Å². The maximum Gasteiger partial charge on any atom is 0.315 e. The van der Waals surface area contributed by atoms with Gasteiger partial charge in [0, 0.05) is 11.6 Å². The highest BCUT2D eigenvalue weighted by atomic mass is 35.5. The molecule has 0 radical (unpaired) electrons. The molecule has 0 saturated carbocycles. The summed E-state index contributed by atoms with van der Waals surface area (Å²) in [6, 6.07) is 11.5. The molecule has 1 heterocycles. The summed E-state index contributed by atoms with van der Waals surface area (Å²) in [4.78, 5) is 24.1. The molecule has 0 unspecified atom stereocenters. The zero-order valence-corrected chi connectivity index (χ0v) is 16.1. The lowest BCUT2D eigenvalue weighted by Crippen LogP contribution is -2.38. The minimum Gasteiger partial charge on any atom is -0.486 e. The molecule has 0 aliphatic carbocycles. The fourth-order valence-electron chi connectivity index (χ4n) is 2.84. The first-order valence-electron chi connectivity index (χ1n) is 8.81. The summed E-state index contributed by atoms with van der Waals surface area (Å²) in [7, 11) is 1.30. The molecule has 0 saturated heterocycles. The Morgan fingerprint density at radius 2 is 1.89 bits per heavy atom. The Morgan fingerprint density at radius 3 is 2.64 bits per heavy atom. The number of fused-ring (bicyclic) bond motifs is 1. The molecule has 2 aromatic carbocycles. The number of halogens is 1. The third-order valence-electron chi connectivity index (χ3n) is 4.24. The van der Waals surface area contributed by atoms with Crippen LogP contribution in [-0.2, 0) is 16.1 Å². The van der Waals surface area contributed by atoms with Gasteiger partial charge in [0.25, 0.3) is 0 Å². The normalized spacial score (nSPS) is 13.4. The number of urea groups is 1. The summed E-state index contributed by atoms with van der Waals surface area (Å²) >= 11 is 6.22. The number of carbonyl (C=O) groups excluding carboxylic acids is 2. The second-order valence-electron chi connectivity index (χ2n) is 6.16. The number of hydrogen-bond acceptors (Lipinski definition) is 5. The Morgan fingerprint density at radius 1 is 1.14 bits per heavy atom. The summed E-state index contributed by atoms with van der Waals surface area (Å²) in [5.74, 6) is 0.902. The molecule has 0 fully saturated rings. The number of rotatable bonds is 6. The fraction of sp³-hybridized carbons (Fsp3) is 0.300. The van der Waals surface area contributed by atoms with Crippen LogP contribution in [0.1, 0.15) is 23.6 Å². The van der Waals surface area contributed by atoms with Gasteiger partial charge in [-0.05, 0) is 29.3 Å². The first kappa shape index (κ1) is 19.8. The van der Waals surface area contributed by atoms with E-state index in [2.05, 4.69) is 10.6 Å². The quantitative estimate of drug-likeness (QED) is 0.722. The monoisotopic (exact) mass is 404 g/mol. The Hall–Kier alpha value is -2.93. The molecule has 0 spiro atoms. The van der Waals surface area contributed by atoms with Crippen molar-refractivity contribution in [2.24, 2.45) is 0 Å². The first-order chi connectivity index (χ1) is 13.6. The maximum atomic E-state index is 12.4. The average molecular weight is 405 g/mol. The number of esters is 1. The smallest absolute Gasteiger partial charge is 0.315 e. The number of ether oxygens (including phenoxy) is 3. The molecule has 28 heavy (non-hydrogen) atoms. The molecule has 7 nitrogen and oxygen atoms in total. The van der Waals surface area contributed by atoms with Gasteiger partial charge in [0.2, 0.25) is 0 Å². The predicted octanol–water partition coefficient (Wildman–Crippen LogP) is 3.21. The van der Waals surface area contributed by atoms with Crippen molar-refractivity contribution in [3.05, 3.63) is 58.6 Å². The summed E-state index contributed by atoms with van der Waals surface area (Å²) in [5, 5.41) is 6.02. The van der Waals surface area contributed by atoms with Crippen LogP contribution in [0.5, 0.6) is 11.5 Å².